The Morgan fingerprint density at radius 2 is 1.55 bits per heavy atom. The smallest absolute Gasteiger partial charge is 0.328 e. The molecule has 4 nitrogen and oxygen atoms in total. The van der Waals surface area contributed by atoms with E-state index in [-0.39, 0.29) is 11.8 Å². The molecule has 1 aromatic carbocycles. The van der Waals surface area contributed by atoms with Crippen LogP contribution in [0.25, 0.3) is 0 Å². The van der Waals surface area contributed by atoms with Gasteiger partial charge in [-0.3, -0.25) is 4.79 Å². The predicted molar refractivity (Wildman–Crippen MR) is 80.0 cm³/mol. The van der Waals surface area contributed by atoms with Gasteiger partial charge >= 0.3 is 5.97 Å². The number of hydrogen-bond donors (Lipinski definition) is 2. The third kappa shape index (κ3) is 4.23. The van der Waals surface area contributed by atoms with Gasteiger partial charge in [-0.05, 0) is 23.0 Å². The standard InChI is InChI=1S/C16H21NO3/c1-10(2)12-6-5-7-13(11(3)4)16(12)17-14(18)8-9-15(19)20/h5-11H,1-4H3,(H,17,18)(H,19,20). The van der Waals surface area contributed by atoms with Crippen LogP contribution in [-0.4, -0.2) is 17.0 Å². The van der Waals surface area contributed by atoms with Crippen molar-refractivity contribution >= 4 is 17.6 Å². The molecule has 0 saturated carbocycles. The number of carboxylic acid groups (broad SMARTS) is 1. The molecule has 0 saturated heterocycles. The van der Waals surface area contributed by atoms with Crippen LogP contribution in [-0.2, 0) is 9.59 Å². The van der Waals surface area contributed by atoms with Crippen molar-refractivity contribution in [3.63, 3.8) is 0 Å². The van der Waals surface area contributed by atoms with Crippen LogP contribution in [0.2, 0.25) is 0 Å². The van der Waals surface area contributed by atoms with Crippen molar-refractivity contribution < 1.29 is 14.7 Å². The Balaban J connectivity index is 3.14. The molecule has 0 fully saturated rings. The molecule has 20 heavy (non-hydrogen) atoms. The normalized spacial score (nSPS) is 11.3. The molecule has 2 N–H and O–H groups in total. The molecule has 0 heterocycles. The first kappa shape index (κ1) is 16.0. The molecule has 0 aliphatic rings. The average Bonchev–Trinajstić information content (AvgIpc) is 2.36. The van der Waals surface area contributed by atoms with E-state index in [4.69, 9.17) is 5.11 Å². The van der Waals surface area contributed by atoms with Crippen LogP contribution < -0.4 is 5.32 Å². The highest BCUT2D eigenvalue weighted by molar-refractivity contribution is 6.03. The Morgan fingerprint density at radius 3 is 1.95 bits per heavy atom. The summed E-state index contributed by atoms with van der Waals surface area (Å²) in [6.45, 7) is 8.23. The van der Waals surface area contributed by atoms with Gasteiger partial charge in [0, 0.05) is 17.8 Å². The van der Waals surface area contributed by atoms with Crippen molar-refractivity contribution in [3.8, 4) is 0 Å². The molecule has 0 aliphatic carbocycles. The summed E-state index contributed by atoms with van der Waals surface area (Å²) in [7, 11) is 0. The quantitative estimate of drug-likeness (QED) is 0.808. The zero-order valence-electron chi connectivity index (χ0n) is 12.3. The van der Waals surface area contributed by atoms with Crippen molar-refractivity contribution in [3.05, 3.63) is 41.5 Å². The van der Waals surface area contributed by atoms with Crippen molar-refractivity contribution in [1.82, 2.24) is 0 Å². The highest BCUT2D eigenvalue weighted by Crippen LogP contribution is 2.32. The first-order valence-electron chi connectivity index (χ1n) is 6.67. The van der Waals surface area contributed by atoms with Gasteiger partial charge in [-0.1, -0.05) is 45.9 Å². The summed E-state index contributed by atoms with van der Waals surface area (Å²) in [5.41, 5.74) is 2.89. The van der Waals surface area contributed by atoms with E-state index in [1.165, 1.54) is 0 Å². The molecule has 1 aromatic rings. The monoisotopic (exact) mass is 275 g/mol. The zero-order chi connectivity index (χ0) is 15.3. The largest absolute Gasteiger partial charge is 0.478 e. The summed E-state index contributed by atoms with van der Waals surface area (Å²) in [4.78, 5) is 22.2. The molecule has 0 aliphatic heterocycles. The fourth-order valence-corrected chi connectivity index (χ4v) is 2.01. The lowest BCUT2D eigenvalue weighted by Crippen LogP contribution is -2.13. The Hall–Kier alpha value is -2.10. The summed E-state index contributed by atoms with van der Waals surface area (Å²) in [5.74, 6) is -1.02. The van der Waals surface area contributed by atoms with Crippen molar-refractivity contribution in [1.29, 1.82) is 0 Å². The van der Waals surface area contributed by atoms with Gasteiger partial charge in [0.25, 0.3) is 0 Å². The van der Waals surface area contributed by atoms with Crippen LogP contribution in [0, 0.1) is 0 Å². The van der Waals surface area contributed by atoms with Crippen LogP contribution in [0.4, 0.5) is 5.69 Å². The van der Waals surface area contributed by atoms with Gasteiger partial charge < -0.3 is 10.4 Å². The number of rotatable bonds is 5. The van der Waals surface area contributed by atoms with E-state index in [1.807, 2.05) is 18.2 Å². The van der Waals surface area contributed by atoms with Gasteiger partial charge in [0.2, 0.25) is 5.91 Å². The molecule has 4 heteroatoms. The van der Waals surface area contributed by atoms with Gasteiger partial charge in [-0.25, -0.2) is 4.79 Å². The van der Waals surface area contributed by atoms with Crippen molar-refractivity contribution in [2.24, 2.45) is 0 Å². The SMILES string of the molecule is CC(C)c1cccc(C(C)C)c1NC(=O)C=CC(=O)O. The predicted octanol–water partition coefficient (Wildman–Crippen LogP) is 3.51. The number of benzene rings is 1. The molecule has 0 aromatic heterocycles. The summed E-state index contributed by atoms with van der Waals surface area (Å²) in [6, 6.07) is 5.94. The molecule has 0 bridgehead atoms. The highest BCUT2D eigenvalue weighted by Gasteiger charge is 2.14. The number of aliphatic carboxylic acids is 1. The Morgan fingerprint density at radius 1 is 1.05 bits per heavy atom. The van der Waals surface area contributed by atoms with E-state index in [0.717, 1.165) is 29.0 Å². The van der Waals surface area contributed by atoms with Crippen molar-refractivity contribution in [2.75, 3.05) is 5.32 Å². The maximum absolute atomic E-state index is 11.8. The van der Waals surface area contributed by atoms with Crippen molar-refractivity contribution in [2.45, 2.75) is 39.5 Å². The molecule has 0 spiro atoms. The fourth-order valence-electron chi connectivity index (χ4n) is 2.01. The Bertz CT molecular complexity index is 504. The van der Waals surface area contributed by atoms with Gasteiger partial charge in [-0.2, -0.15) is 0 Å². The van der Waals surface area contributed by atoms with Gasteiger partial charge in [0.15, 0.2) is 0 Å². The minimum atomic E-state index is -1.14. The minimum Gasteiger partial charge on any atom is -0.478 e. The number of hydrogen-bond acceptors (Lipinski definition) is 2. The van der Waals surface area contributed by atoms with Gasteiger partial charge in [0.1, 0.15) is 0 Å². The van der Waals surface area contributed by atoms with E-state index in [9.17, 15) is 9.59 Å². The van der Waals surface area contributed by atoms with Gasteiger partial charge in [0.05, 0.1) is 0 Å². The zero-order valence-corrected chi connectivity index (χ0v) is 12.3. The average molecular weight is 275 g/mol. The number of nitrogens with one attached hydrogen (secondary N) is 1. The molecule has 0 radical (unpaired) electrons. The Labute approximate surface area is 119 Å². The number of anilines is 1. The maximum Gasteiger partial charge on any atom is 0.328 e. The lowest BCUT2D eigenvalue weighted by atomic mass is 9.92. The second-order valence-electron chi connectivity index (χ2n) is 5.28. The van der Waals surface area contributed by atoms with Crippen LogP contribution >= 0.6 is 0 Å². The third-order valence-corrected chi connectivity index (χ3v) is 3.00. The second-order valence-corrected chi connectivity index (χ2v) is 5.28. The van der Waals surface area contributed by atoms with Crippen LogP contribution in [0.5, 0.6) is 0 Å². The molecular formula is C16H21NO3. The number of carbonyl (C=O) groups excluding carboxylic acids is 1. The maximum atomic E-state index is 11.8. The van der Waals surface area contributed by atoms with E-state index in [2.05, 4.69) is 33.0 Å². The van der Waals surface area contributed by atoms with Crippen LogP contribution in [0.1, 0.15) is 50.7 Å². The van der Waals surface area contributed by atoms with Gasteiger partial charge in [-0.15, -0.1) is 0 Å². The first-order chi connectivity index (χ1) is 9.32. The first-order valence-corrected chi connectivity index (χ1v) is 6.67. The molecule has 0 atom stereocenters. The second kappa shape index (κ2) is 6.89. The summed E-state index contributed by atoms with van der Waals surface area (Å²) >= 11 is 0. The van der Waals surface area contributed by atoms with E-state index >= 15 is 0 Å². The summed E-state index contributed by atoms with van der Waals surface area (Å²) < 4.78 is 0. The molecule has 0 unspecified atom stereocenters. The summed E-state index contributed by atoms with van der Waals surface area (Å²) in [5, 5.41) is 11.4. The Kier molecular flexibility index (Phi) is 5.50. The molecule has 1 rings (SSSR count). The topological polar surface area (TPSA) is 66.4 Å². The molecule has 108 valence electrons. The lowest BCUT2D eigenvalue weighted by Gasteiger charge is -2.19. The number of amides is 1. The fraction of sp³-hybridized carbons (Fsp3) is 0.375. The lowest BCUT2D eigenvalue weighted by molar-refractivity contribution is -0.131. The molecular weight excluding hydrogens is 254 g/mol. The van der Waals surface area contributed by atoms with E-state index in [0.29, 0.717) is 0 Å². The summed E-state index contributed by atoms with van der Waals surface area (Å²) in [6.07, 6.45) is 1.87. The highest BCUT2D eigenvalue weighted by atomic mass is 16.4. The van der Waals surface area contributed by atoms with Crippen LogP contribution in [0.3, 0.4) is 0 Å². The minimum absolute atomic E-state index is 0.271. The number of para-hydroxylation sites is 1. The van der Waals surface area contributed by atoms with E-state index in [1.54, 1.807) is 0 Å². The van der Waals surface area contributed by atoms with E-state index < -0.39 is 11.9 Å². The number of carbonyl (C=O) groups is 2. The van der Waals surface area contributed by atoms with Crippen LogP contribution in [0.15, 0.2) is 30.4 Å². The third-order valence-electron chi connectivity index (χ3n) is 3.00. The number of carboxylic acids is 1. The molecule has 1 amide bonds.